The van der Waals surface area contributed by atoms with E-state index in [4.69, 9.17) is 18.9 Å². The predicted molar refractivity (Wildman–Crippen MR) is 167 cm³/mol. The van der Waals surface area contributed by atoms with Crippen molar-refractivity contribution >= 4 is 39.0 Å². The highest BCUT2D eigenvalue weighted by Crippen LogP contribution is 2.48. The smallest absolute Gasteiger partial charge is 0.291 e. The van der Waals surface area contributed by atoms with Crippen LogP contribution in [0.25, 0.3) is 0 Å². The minimum atomic E-state index is -0.566. The van der Waals surface area contributed by atoms with Crippen molar-refractivity contribution in [3.63, 3.8) is 0 Å². The van der Waals surface area contributed by atoms with E-state index in [1.807, 2.05) is 44.2 Å². The van der Waals surface area contributed by atoms with E-state index in [0.717, 1.165) is 41.8 Å². The van der Waals surface area contributed by atoms with Crippen LogP contribution in [0.3, 0.4) is 0 Å². The van der Waals surface area contributed by atoms with Gasteiger partial charge in [0.2, 0.25) is 0 Å². The number of hydrogen-bond acceptors (Lipinski definition) is 7. The molecule has 8 nitrogen and oxygen atoms in total. The summed E-state index contributed by atoms with van der Waals surface area (Å²) in [5.41, 5.74) is 4.33. The molecule has 2 aromatic carbocycles. The number of carbonyl (C=O) groups is 2. The topological polar surface area (TPSA) is 114 Å². The first-order valence-corrected chi connectivity index (χ1v) is 15.4. The summed E-state index contributed by atoms with van der Waals surface area (Å²) in [5.74, 6) is 0.169. The molecule has 1 aliphatic carbocycles. The zero-order valence-electron chi connectivity index (χ0n) is 24.5. The van der Waals surface area contributed by atoms with Gasteiger partial charge in [-0.3, -0.25) is 14.6 Å². The van der Waals surface area contributed by atoms with E-state index in [0.29, 0.717) is 40.3 Å². The number of nitrogens with zero attached hydrogens (tertiary/aromatic N) is 2. The molecule has 1 aliphatic heterocycles. The van der Waals surface area contributed by atoms with E-state index in [9.17, 15) is 14.9 Å². The van der Waals surface area contributed by atoms with Gasteiger partial charge in [-0.2, -0.15) is 5.26 Å². The molecule has 2 heterocycles. The first kappa shape index (κ1) is 30.3. The second kappa shape index (κ2) is 13.4. The molecule has 1 N–H and O–H groups in total. The Morgan fingerprint density at radius 1 is 1.16 bits per heavy atom. The minimum Gasteiger partial charge on any atom is -0.490 e. The van der Waals surface area contributed by atoms with Gasteiger partial charge in [-0.1, -0.05) is 31.5 Å². The summed E-state index contributed by atoms with van der Waals surface area (Å²) in [6.07, 6.45) is 4.67. The van der Waals surface area contributed by atoms with Gasteiger partial charge in [0.15, 0.2) is 23.0 Å². The van der Waals surface area contributed by atoms with Crippen LogP contribution in [0.4, 0.5) is 5.69 Å². The highest BCUT2D eigenvalue weighted by Gasteiger charge is 2.41. The normalized spacial score (nSPS) is 19.7. The van der Waals surface area contributed by atoms with Crippen LogP contribution in [0, 0.1) is 23.2 Å². The Balaban J connectivity index is 1.46. The first-order chi connectivity index (χ1) is 20.8. The second-order valence-corrected chi connectivity index (χ2v) is 11.7. The number of ketones is 1. The third-order valence-corrected chi connectivity index (χ3v) is 8.47. The number of anilines is 1. The summed E-state index contributed by atoms with van der Waals surface area (Å²) in [4.78, 5) is 30.9. The number of para-hydroxylation sites is 1. The highest BCUT2D eigenvalue weighted by atomic mass is 79.9. The fourth-order valence-electron chi connectivity index (χ4n) is 5.96. The number of nitrogens with one attached hydrogen (secondary N) is 1. The maximum absolute atomic E-state index is 13.5. The van der Waals surface area contributed by atoms with Gasteiger partial charge < -0.3 is 19.2 Å². The van der Waals surface area contributed by atoms with E-state index in [-0.39, 0.29) is 30.0 Å². The summed E-state index contributed by atoms with van der Waals surface area (Å²) in [7, 11) is 0. The van der Waals surface area contributed by atoms with Crippen molar-refractivity contribution in [2.45, 2.75) is 59.0 Å². The second-order valence-electron chi connectivity index (χ2n) is 10.8. The summed E-state index contributed by atoms with van der Waals surface area (Å²) in [5, 5.41) is 13.1. The van der Waals surface area contributed by atoms with Crippen molar-refractivity contribution < 1.29 is 23.5 Å². The van der Waals surface area contributed by atoms with Crippen molar-refractivity contribution in [3.05, 3.63) is 87.4 Å². The third-order valence-electron chi connectivity index (χ3n) is 7.88. The molecule has 3 atom stereocenters. The van der Waals surface area contributed by atoms with Gasteiger partial charge in [0.25, 0.3) is 5.91 Å². The molecule has 0 saturated carbocycles. The molecule has 0 saturated heterocycles. The molecule has 3 unspecified atom stereocenters. The van der Waals surface area contributed by atoms with Crippen molar-refractivity contribution in [2.24, 2.45) is 16.8 Å². The molecule has 5 rings (SSSR count). The lowest BCUT2D eigenvalue weighted by Gasteiger charge is -2.35. The molecule has 2 aliphatic rings. The lowest BCUT2D eigenvalue weighted by molar-refractivity contribution is -0.117. The van der Waals surface area contributed by atoms with Crippen molar-refractivity contribution in [1.82, 2.24) is 0 Å². The van der Waals surface area contributed by atoms with Crippen LogP contribution in [0.5, 0.6) is 11.5 Å². The van der Waals surface area contributed by atoms with Gasteiger partial charge in [-0.05, 0) is 84.4 Å². The molecular weight excluding hydrogens is 610 g/mol. The van der Waals surface area contributed by atoms with Gasteiger partial charge >= 0.3 is 0 Å². The molecule has 3 aromatic rings. The zero-order chi connectivity index (χ0) is 30.5. The monoisotopic (exact) mass is 643 g/mol. The van der Waals surface area contributed by atoms with E-state index >= 15 is 0 Å². The number of benzene rings is 2. The Labute approximate surface area is 259 Å². The van der Waals surface area contributed by atoms with Gasteiger partial charge in [0, 0.05) is 40.6 Å². The van der Waals surface area contributed by atoms with Crippen LogP contribution < -0.4 is 14.8 Å². The number of Topliss-reactive ketones (excluding diaryl/α,β-unsaturated/α-hetero) is 1. The Morgan fingerprint density at radius 2 is 1.98 bits per heavy atom. The highest BCUT2D eigenvalue weighted by molar-refractivity contribution is 9.10. The number of halogens is 1. The number of aliphatic imine (C=N–C) groups is 1. The number of rotatable bonds is 10. The van der Waals surface area contributed by atoms with Crippen molar-refractivity contribution in [3.8, 4) is 17.6 Å². The van der Waals surface area contributed by atoms with Gasteiger partial charge in [0.05, 0.1) is 29.3 Å². The minimum absolute atomic E-state index is 0.0730. The molecule has 43 heavy (non-hydrogen) atoms. The predicted octanol–water partition coefficient (Wildman–Crippen LogP) is 8.00. The Bertz CT molecular complexity index is 1620. The maximum Gasteiger partial charge on any atom is 0.291 e. The van der Waals surface area contributed by atoms with E-state index in [1.165, 1.54) is 6.26 Å². The number of ether oxygens (including phenoxy) is 2. The number of allylic oxidation sites excluding steroid dienone is 2. The average molecular weight is 645 g/mol. The van der Waals surface area contributed by atoms with Crippen LogP contribution in [0.1, 0.15) is 74.1 Å². The quantitative estimate of drug-likeness (QED) is 0.239. The summed E-state index contributed by atoms with van der Waals surface area (Å²) in [6, 6.07) is 16.8. The van der Waals surface area contributed by atoms with E-state index in [1.54, 1.807) is 18.2 Å². The molecule has 0 radical (unpaired) electrons. The van der Waals surface area contributed by atoms with Gasteiger partial charge in [0.1, 0.15) is 6.61 Å². The molecule has 1 amide bonds. The fourth-order valence-corrected chi connectivity index (χ4v) is 6.53. The lowest BCUT2D eigenvalue weighted by Crippen LogP contribution is -2.32. The van der Waals surface area contributed by atoms with Crippen LogP contribution in [0.15, 0.2) is 79.9 Å². The SMILES string of the molecule is CCCC1CC(=O)C2=C(C1)N=C(C)C(C#N)C2c1cc(Br)c(OCc2ccccc2NC(=O)c2ccco2)c(OCC)c1. The van der Waals surface area contributed by atoms with Crippen molar-refractivity contribution in [1.29, 1.82) is 5.26 Å². The number of hydrogen-bond donors (Lipinski definition) is 1. The van der Waals surface area contributed by atoms with Gasteiger partial charge in [-0.25, -0.2) is 0 Å². The van der Waals surface area contributed by atoms with Gasteiger partial charge in [-0.15, -0.1) is 0 Å². The molecule has 0 spiro atoms. The van der Waals surface area contributed by atoms with Crippen LogP contribution in [0.2, 0.25) is 0 Å². The summed E-state index contributed by atoms with van der Waals surface area (Å²) >= 11 is 3.68. The molecule has 1 aromatic heterocycles. The average Bonchev–Trinajstić information content (AvgIpc) is 3.52. The molecule has 0 fully saturated rings. The van der Waals surface area contributed by atoms with E-state index in [2.05, 4.69) is 34.2 Å². The number of furan rings is 1. The summed E-state index contributed by atoms with van der Waals surface area (Å²) < 4.78 is 18.2. The fraction of sp³-hybridized carbons (Fsp3) is 0.353. The van der Waals surface area contributed by atoms with Crippen molar-refractivity contribution in [2.75, 3.05) is 11.9 Å². The van der Waals surface area contributed by atoms with Crippen LogP contribution in [-0.4, -0.2) is 24.0 Å². The van der Waals surface area contributed by atoms with Crippen LogP contribution in [-0.2, 0) is 11.4 Å². The Hall–Kier alpha value is -4.16. The Kier molecular flexibility index (Phi) is 9.46. The van der Waals surface area contributed by atoms with Crippen LogP contribution >= 0.6 is 15.9 Å². The lowest BCUT2D eigenvalue weighted by atomic mass is 9.70. The number of carbonyl (C=O) groups excluding carboxylic acids is 2. The first-order valence-electron chi connectivity index (χ1n) is 14.6. The largest absolute Gasteiger partial charge is 0.490 e. The maximum atomic E-state index is 13.5. The molecule has 222 valence electrons. The number of amides is 1. The van der Waals surface area contributed by atoms with E-state index < -0.39 is 11.8 Å². The molecule has 0 bridgehead atoms. The number of nitriles is 1. The standard InChI is InChI=1S/C34H34BrN3O5/c1-4-9-21-14-27-32(28(39)15-21)31(24(18-36)20(3)37-27)23-16-25(35)33(30(17-23)41-5-2)43-19-22-10-6-7-11-26(22)38-34(40)29-12-8-13-42-29/h6-8,10-13,16-17,21,24,31H,4-5,9,14-15,19H2,1-3H3,(H,38,40). The molecular formula is C34H34BrN3O5. The molecule has 9 heteroatoms. The zero-order valence-corrected chi connectivity index (χ0v) is 26.1. The Morgan fingerprint density at radius 3 is 2.70 bits per heavy atom. The third kappa shape index (κ3) is 6.45. The summed E-state index contributed by atoms with van der Waals surface area (Å²) in [6.45, 7) is 6.43.